The molecule has 0 aliphatic heterocycles. The number of hydrogen-bond acceptors (Lipinski definition) is 6. The van der Waals surface area contributed by atoms with Crippen molar-refractivity contribution in [3.05, 3.63) is 53.1 Å². The number of ether oxygens (including phenoxy) is 1. The van der Waals surface area contributed by atoms with Gasteiger partial charge in [-0.15, -0.1) is 0 Å². The van der Waals surface area contributed by atoms with Crippen LogP contribution in [0, 0.1) is 0 Å². The largest absolute Gasteiger partial charge is 0.538 e. The van der Waals surface area contributed by atoms with Crippen molar-refractivity contribution in [2.45, 2.75) is 11.2 Å². The lowest BCUT2D eigenvalue weighted by Gasteiger charge is -2.11. The molecule has 1 heterocycles. The molecule has 7 nitrogen and oxygen atoms in total. The smallest absolute Gasteiger partial charge is 0.416 e. The van der Waals surface area contributed by atoms with E-state index in [-0.39, 0.29) is 21.5 Å². The molecule has 0 spiro atoms. The second-order valence-corrected chi connectivity index (χ2v) is 7.18. The van der Waals surface area contributed by atoms with Crippen LogP contribution in [0.2, 0.25) is 5.02 Å². The molecule has 1 amide bonds. The van der Waals surface area contributed by atoms with Crippen LogP contribution in [0.1, 0.15) is 5.56 Å². The molecule has 2 aromatic carbocycles. The molecular weight excluding hydrogens is 447 g/mol. The number of methoxy groups -OCH3 is 1. The Morgan fingerprint density at radius 3 is 2.63 bits per heavy atom. The number of nitrogens with one attached hydrogen (secondary N) is 1. The first kappa shape index (κ1) is 21.8. The highest BCUT2D eigenvalue weighted by Crippen LogP contribution is 2.34. The van der Waals surface area contributed by atoms with Crippen LogP contribution in [0.3, 0.4) is 0 Å². The number of nitrogens with zero attached hydrogens (tertiary/aromatic N) is 2. The van der Waals surface area contributed by atoms with Crippen molar-refractivity contribution in [2.24, 2.45) is 0 Å². The zero-order valence-corrected chi connectivity index (χ0v) is 16.8. The Labute approximate surface area is 177 Å². The molecule has 12 heteroatoms. The zero-order chi connectivity index (χ0) is 21.9. The highest BCUT2D eigenvalue weighted by molar-refractivity contribution is 7.99. The molecule has 0 fully saturated rings. The van der Waals surface area contributed by atoms with Crippen molar-refractivity contribution in [2.75, 3.05) is 18.2 Å². The van der Waals surface area contributed by atoms with E-state index in [1.165, 1.54) is 11.8 Å². The first-order chi connectivity index (χ1) is 14.2. The summed E-state index contributed by atoms with van der Waals surface area (Å²) in [5.41, 5.74) is -0.647. The fourth-order valence-electron chi connectivity index (χ4n) is 2.37. The van der Waals surface area contributed by atoms with Crippen LogP contribution in [-0.4, -0.2) is 24.0 Å². The number of halogens is 4. The van der Waals surface area contributed by atoms with E-state index in [9.17, 15) is 23.1 Å². The van der Waals surface area contributed by atoms with Gasteiger partial charge in [0.1, 0.15) is 5.75 Å². The Kier molecular flexibility index (Phi) is 6.42. The van der Waals surface area contributed by atoms with Gasteiger partial charge in [-0.25, -0.2) is 0 Å². The summed E-state index contributed by atoms with van der Waals surface area (Å²) in [6, 6.07) is 9.16. The summed E-state index contributed by atoms with van der Waals surface area (Å²) in [5.74, 6) is -1.13. The van der Waals surface area contributed by atoms with E-state index in [2.05, 4.69) is 15.1 Å². The van der Waals surface area contributed by atoms with E-state index in [0.717, 1.165) is 30.0 Å². The first-order valence-electron chi connectivity index (χ1n) is 8.22. The van der Waals surface area contributed by atoms with Crippen molar-refractivity contribution in [1.82, 2.24) is 5.27 Å². The van der Waals surface area contributed by atoms with Crippen molar-refractivity contribution in [1.29, 1.82) is 0 Å². The first-order valence-corrected chi connectivity index (χ1v) is 9.58. The number of hydrogen-bond donors (Lipinski definition) is 1. The lowest BCUT2D eigenvalue weighted by atomic mass is 10.2. The number of benzene rings is 2. The Bertz CT molecular complexity index is 1060. The number of rotatable bonds is 6. The van der Waals surface area contributed by atoms with E-state index >= 15 is 0 Å². The van der Waals surface area contributed by atoms with Gasteiger partial charge in [0.25, 0.3) is 5.03 Å². The zero-order valence-electron chi connectivity index (χ0n) is 15.2. The molecule has 0 saturated heterocycles. The molecule has 0 aliphatic rings. The number of thioether (sulfide) groups is 1. The van der Waals surface area contributed by atoms with E-state index in [0.29, 0.717) is 11.4 Å². The normalized spacial score (nSPS) is 11.4. The minimum absolute atomic E-state index is 0.0189. The SMILES string of the molecule is COc1ccc(-[n+]2noc([O-])c2SCC(=O)Nc2cc(C(F)(F)F)ccc2Cl)cc1. The van der Waals surface area contributed by atoms with Gasteiger partial charge in [-0.3, -0.25) is 4.79 Å². The molecule has 0 saturated carbocycles. The average Bonchev–Trinajstić information content (AvgIpc) is 3.07. The maximum Gasteiger partial charge on any atom is 0.416 e. The summed E-state index contributed by atoms with van der Waals surface area (Å²) in [7, 11) is 1.50. The van der Waals surface area contributed by atoms with Gasteiger partial charge in [0, 0.05) is 12.1 Å². The Hall–Kier alpha value is -2.92. The van der Waals surface area contributed by atoms with E-state index in [1.54, 1.807) is 24.3 Å². The quantitative estimate of drug-likeness (QED) is 0.448. The van der Waals surface area contributed by atoms with Crippen LogP contribution in [0.15, 0.2) is 52.0 Å². The number of anilines is 1. The standard InChI is InChI=1S/C18H13ClF3N3O4S/c1-28-12-5-3-11(4-6-12)25-16(17(27)29-24-25)30-9-15(26)23-14-8-10(18(20,21)22)2-7-13(14)19/h2-8H,9H2,1H3,(H-,23,24,26,27). The van der Waals surface area contributed by atoms with Gasteiger partial charge >= 0.3 is 6.18 Å². The van der Waals surface area contributed by atoms with Gasteiger partial charge in [-0.05, 0) is 46.8 Å². The van der Waals surface area contributed by atoms with Gasteiger partial charge in [0.15, 0.2) is 5.95 Å². The van der Waals surface area contributed by atoms with Crippen molar-refractivity contribution in [3.63, 3.8) is 0 Å². The molecule has 3 rings (SSSR count). The minimum atomic E-state index is -4.58. The lowest BCUT2D eigenvalue weighted by Crippen LogP contribution is -2.35. The summed E-state index contributed by atoms with van der Waals surface area (Å²) in [6.07, 6.45) is -4.58. The molecule has 30 heavy (non-hydrogen) atoms. The van der Waals surface area contributed by atoms with E-state index in [4.69, 9.17) is 16.3 Å². The number of amides is 1. The summed E-state index contributed by atoms with van der Waals surface area (Å²) in [6.45, 7) is 0. The van der Waals surface area contributed by atoms with Crippen molar-refractivity contribution < 1.29 is 37.0 Å². The number of carbonyl (C=O) groups excluding carboxylic acids is 1. The molecular formula is C18H13ClF3N3O4S. The maximum atomic E-state index is 12.8. The second-order valence-electron chi connectivity index (χ2n) is 5.80. The van der Waals surface area contributed by atoms with Crippen LogP contribution in [0.25, 0.3) is 5.69 Å². The average molecular weight is 460 g/mol. The predicted molar refractivity (Wildman–Crippen MR) is 99.8 cm³/mol. The van der Waals surface area contributed by atoms with Gasteiger partial charge in [-0.1, -0.05) is 11.6 Å². The fraction of sp³-hybridized carbons (Fsp3) is 0.167. The Morgan fingerprint density at radius 2 is 2.00 bits per heavy atom. The topological polar surface area (TPSA) is 91.3 Å². The number of aromatic nitrogens is 2. The monoisotopic (exact) mass is 459 g/mol. The predicted octanol–water partition coefficient (Wildman–Crippen LogP) is 3.44. The number of carbonyl (C=O) groups is 1. The highest BCUT2D eigenvalue weighted by atomic mass is 35.5. The molecule has 158 valence electrons. The summed E-state index contributed by atoms with van der Waals surface area (Å²) in [5, 5.41) is 17.9. The van der Waals surface area contributed by atoms with Crippen LogP contribution < -0.4 is 19.8 Å². The van der Waals surface area contributed by atoms with Gasteiger partial charge in [0.2, 0.25) is 11.6 Å². The fourth-order valence-corrected chi connectivity index (χ4v) is 3.29. The Morgan fingerprint density at radius 1 is 1.30 bits per heavy atom. The van der Waals surface area contributed by atoms with Crippen LogP contribution in [0.5, 0.6) is 11.7 Å². The van der Waals surface area contributed by atoms with Gasteiger partial charge in [-0.2, -0.15) is 13.2 Å². The van der Waals surface area contributed by atoms with Crippen LogP contribution in [-0.2, 0) is 11.0 Å². The van der Waals surface area contributed by atoms with E-state index in [1.807, 2.05) is 0 Å². The van der Waals surface area contributed by atoms with Crippen molar-refractivity contribution in [3.8, 4) is 17.4 Å². The summed E-state index contributed by atoms with van der Waals surface area (Å²) >= 11 is 6.68. The molecule has 0 atom stereocenters. The molecule has 3 aromatic rings. The van der Waals surface area contributed by atoms with Gasteiger partial charge < -0.3 is 19.7 Å². The third-order valence-corrected chi connectivity index (χ3v) is 5.15. The lowest BCUT2D eigenvalue weighted by molar-refractivity contribution is -0.705. The third-order valence-electron chi connectivity index (χ3n) is 3.80. The molecule has 0 radical (unpaired) electrons. The maximum absolute atomic E-state index is 12.8. The molecule has 1 N–H and O–H groups in total. The van der Waals surface area contributed by atoms with Gasteiger partial charge in [0.05, 0.1) is 34.4 Å². The third kappa shape index (κ3) is 4.97. The molecule has 0 aliphatic carbocycles. The molecule has 0 bridgehead atoms. The molecule has 1 aromatic heterocycles. The Balaban J connectivity index is 1.72. The number of alkyl halides is 3. The second kappa shape index (κ2) is 8.84. The van der Waals surface area contributed by atoms with Crippen molar-refractivity contribution >= 4 is 35.0 Å². The van der Waals surface area contributed by atoms with Crippen LogP contribution >= 0.6 is 23.4 Å². The van der Waals surface area contributed by atoms with Crippen LogP contribution in [0.4, 0.5) is 18.9 Å². The summed E-state index contributed by atoms with van der Waals surface area (Å²) < 4.78 is 49.5. The van der Waals surface area contributed by atoms with E-state index < -0.39 is 23.6 Å². The highest BCUT2D eigenvalue weighted by Gasteiger charge is 2.31. The molecule has 0 unspecified atom stereocenters. The summed E-state index contributed by atoms with van der Waals surface area (Å²) in [4.78, 5) is 12.2. The minimum Gasteiger partial charge on any atom is -0.538 e.